The SMILES string of the molecule is C=Cc1cc[nH]c1/C=C\Cc1ccc(C(=O)N(C)[C@@H]2CC[C@H](NC(=O)CC)C2)cc1C. The van der Waals surface area contributed by atoms with Gasteiger partial charge in [-0.1, -0.05) is 31.7 Å². The summed E-state index contributed by atoms with van der Waals surface area (Å²) in [5, 5.41) is 3.05. The van der Waals surface area contributed by atoms with Crippen molar-refractivity contribution >= 4 is 24.0 Å². The maximum Gasteiger partial charge on any atom is 0.253 e. The van der Waals surface area contributed by atoms with Crippen molar-refractivity contribution in [2.24, 2.45) is 0 Å². The number of nitrogens with one attached hydrogen (secondary N) is 2. The monoisotopic (exact) mass is 419 g/mol. The molecule has 1 aromatic heterocycles. The van der Waals surface area contributed by atoms with Crippen molar-refractivity contribution < 1.29 is 9.59 Å². The molecule has 31 heavy (non-hydrogen) atoms. The Bertz CT molecular complexity index is 973. The Morgan fingerprint density at radius 3 is 2.81 bits per heavy atom. The number of benzene rings is 1. The van der Waals surface area contributed by atoms with Gasteiger partial charge in [0.2, 0.25) is 5.91 Å². The number of amides is 2. The van der Waals surface area contributed by atoms with Crippen molar-refractivity contribution in [2.75, 3.05) is 7.05 Å². The van der Waals surface area contributed by atoms with Gasteiger partial charge in [0.05, 0.1) is 0 Å². The first-order valence-corrected chi connectivity index (χ1v) is 11.0. The lowest BCUT2D eigenvalue weighted by atomic mass is 10.0. The van der Waals surface area contributed by atoms with E-state index in [9.17, 15) is 9.59 Å². The van der Waals surface area contributed by atoms with Crippen molar-refractivity contribution in [3.05, 3.63) is 71.1 Å². The molecule has 5 heteroatoms. The number of H-pyrrole nitrogens is 1. The lowest BCUT2D eigenvalue weighted by Gasteiger charge is -2.25. The van der Waals surface area contributed by atoms with Crippen LogP contribution in [-0.4, -0.2) is 40.8 Å². The second-order valence-electron chi connectivity index (χ2n) is 8.30. The van der Waals surface area contributed by atoms with Crippen LogP contribution in [0, 0.1) is 6.92 Å². The summed E-state index contributed by atoms with van der Waals surface area (Å²) in [5.41, 5.74) is 5.16. The fourth-order valence-electron chi connectivity index (χ4n) is 4.22. The van der Waals surface area contributed by atoms with Crippen LogP contribution >= 0.6 is 0 Å². The Labute approximate surface area is 185 Å². The summed E-state index contributed by atoms with van der Waals surface area (Å²) in [7, 11) is 1.87. The van der Waals surface area contributed by atoms with Gasteiger partial charge < -0.3 is 15.2 Å². The van der Waals surface area contributed by atoms with E-state index in [1.807, 2.05) is 55.4 Å². The Kier molecular flexibility index (Phi) is 7.50. The molecule has 2 atom stereocenters. The standard InChI is InChI=1S/C26H33N3O2/c1-5-19-14-15-27-24(19)9-7-8-20-10-11-21(16-18(20)3)26(31)29(4)23-13-12-22(17-23)28-25(30)6-2/h5,7,9-11,14-16,22-23,27H,1,6,8,12-13,17H2,2-4H3,(H,28,30)/b9-7-/t22-,23+/m0/s1. The molecule has 1 fully saturated rings. The van der Waals surface area contributed by atoms with Crippen molar-refractivity contribution in [2.45, 2.75) is 58.0 Å². The maximum absolute atomic E-state index is 13.0. The Hall–Kier alpha value is -3.08. The molecule has 0 spiro atoms. The number of carbonyl (C=O) groups is 2. The number of nitrogens with zero attached hydrogens (tertiary/aromatic N) is 1. The number of allylic oxidation sites excluding steroid dienone is 1. The maximum atomic E-state index is 13.0. The molecule has 2 amide bonds. The topological polar surface area (TPSA) is 65.2 Å². The molecule has 164 valence electrons. The van der Waals surface area contributed by atoms with Gasteiger partial charge >= 0.3 is 0 Å². The number of hydrogen-bond donors (Lipinski definition) is 2. The minimum Gasteiger partial charge on any atom is -0.361 e. The fourth-order valence-corrected chi connectivity index (χ4v) is 4.22. The minimum atomic E-state index is 0.0414. The Balaban J connectivity index is 1.60. The van der Waals surface area contributed by atoms with Crippen molar-refractivity contribution in [3.63, 3.8) is 0 Å². The van der Waals surface area contributed by atoms with Crippen LogP contribution in [0.3, 0.4) is 0 Å². The van der Waals surface area contributed by atoms with Crippen LogP contribution in [0.5, 0.6) is 0 Å². The van der Waals surface area contributed by atoms with E-state index in [0.29, 0.717) is 12.0 Å². The number of aromatic nitrogens is 1. The average molecular weight is 420 g/mol. The minimum absolute atomic E-state index is 0.0414. The molecule has 2 N–H and O–H groups in total. The number of carbonyl (C=O) groups excluding carboxylic acids is 2. The van der Waals surface area contributed by atoms with E-state index in [1.165, 1.54) is 5.56 Å². The fraction of sp³-hybridized carbons (Fsp3) is 0.385. The van der Waals surface area contributed by atoms with E-state index < -0.39 is 0 Å². The Morgan fingerprint density at radius 2 is 2.10 bits per heavy atom. The van der Waals surface area contributed by atoms with Gasteiger partial charge in [-0.05, 0) is 73.6 Å². The zero-order valence-corrected chi connectivity index (χ0v) is 18.8. The third kappa shape index (κ3) is 5.54. The first kappa shape index (κ1) is 22.6. The van der Waals surface area contributed by atoms with Gasteiger partial charge in [0.25, 0.3) is 5.91 Å². The summed E-state index contributed by atoms with van der Waals surface area (Å²) in [4.78, 5) is 29.7. The highest BCUT2D eigenvalue weighted by atomic mass is 16.2. The zero-order valence-electron chi connectivity index (χ0n) is 18.8. The molecule has 1 aliphatic carbocycles. The van der Waals surface area contributed by atoms with Crippen LogP contribution in [0.4, 0.5) is 0 Å². The first-order valence-electron chi connectivity index (χ1n) is 11.0. The van der Waals surface area contributed by atoms with Crippen LogP contribution in [0.25, 0.3) is 12.2 Å². The van der Waals surface area contributed by atoms with Crippen LogP contribution < -0.4 is 5.32 Å². The van der Waals surface area contributed by atoms with E-state index in [4.69, 9.17) is 0 Å². The predicted molar refractivity (Wildman–Crippen MR) is 127 cm³/mol. The van der Waals surface area contributed by atoms with Gasteiger partial charge in [0.1, 0.15) is 0 Å². The van der Waals surface area contributed by atoms with Crippen LogP contribution in [0.2, 0.25) is 0 Å². The Morgan fingerprint density at radius 1 is 1.29 bits per heavy atom. The van der Waals surface area contributed by atoms with Gasteiger partial charge in [-0.2, -0.15) is 0 Å². The van der Waals surface area contributed by atoms with Crippen LogP contribution in [0.15, 0.2) is 43.1 Å². The van der Waals surface area contributed by atoms with E-state index in [-0.39, 0.29) is 23.9 Å². The van der Waals surface area contributed by atoms with Crippen molar-refractivity contribution in [1.29, 1.82) is 0 Å². The van der Waals surface area contributed by atoms with Gasteiger partial charge in [0.15, 0.2) is 0 Å². The van der Waals surface area contributed by atoms with Gasteiger partial charge in [-0.3, -0.25) is 9.59 Å². The van der Waals surface area contributed by atoms with E-state index in [0.717, 1.165) is 42.5 Å². The highest BCUT2D eigenvalue weighted by molar-refractivity contribution is 5.94. The first-order chi connectivity index (χ1) is 14.9. The van der Waals surface area contributed by atoms with Crippen molar-refractivity contribution in [1.82, 2.24) is 15.2 Å². The number of aryl methyl sites for hydroxylation is 1. The molecule has 1 saturated carbocycles. The van der Waals surface area contributed by atoms with E-state index >= 15 is 0 Å². The van der Waals surface area contributed by atoms with Gasteiger partial charge in [0, 0.05) is 43.0 Å². The second kappa shape index (κ2) is 10.3. The average Bonchev–Trinajstić information content (AvgIpc) is 3.43. The summed E-state index contributed by atoms with van der Waals surface area (Å²) in [6.45, 7) is 7.74. The number of rotatable bonds is 8. The lowest BCUT2D eigenvalue weighted by molar-refractivity contribution is -0.121. The molecule has 0 radical (unpaired) electrons. The summed E-state index contributed by atoms with van der Waals surface area (Å²) in [6.07, 6.45) is 11.9. The molecular formula is C26H33N3O2. The molecule has 5 nitrogen and oxygen atoms in total. The third-order valence-electron chi connectivity index (χ3n) is 6.20. The molecule has 3 rings (SSSR count). The van der Waals surface area contributed by atoms with E-state index in [2.05, 4.69) is 36.0 Å². The third-order valence-corrected chi connectivity index (χ3v) is 6.20. The summed E-state index contributed by atoms with van der Waals surface area (Å²) in [5.74, 6) is 0.122. The molecule has 1 aromatic carbocycles. The molecule has 0 aliphatic heterocycles. The number of hydrogen-bond acceptors (Lipinski definition) is 2. The quantitative estimate of drug-likeness (QED) is 0.649. The predicted octanol–water partition coefficient (Wildman–Crippen LogP) is 4.74. The highest BCUT2D eigenvalue weighted by Crippen LogP contribution is 2.25. The van der Waals surface area contributed by atoms with Gasteiger partial charge in [-0.15, -0.1) is 0 Å². The lowest BCUT2D eigenvalue weighted by Crippen LogP contribution is -2.38. The van der Waals surface area contributed by atoms with Gasteiger partial charge in [-0.25, -0.2) is 0 Å². The molecule has 2 aromatic rings. The summed E-state index contributed by atoms with van der Waals surface area (Å²) in [6, 6.07) is 8.28. The molecule has 1 aliphatic rings. The molecule has 0 bridgehead atoms. The van der Waals surface area contributed by atoms with E-state index in [1.54, 1.807) is 0 Å². The molecule has 1 heterocycles. The largest absolute Gasteiger partial charge is 0.361 e. The zero-order chi connectivity index (χ0) is 22.4. The normalized spacial score (nSPS) is 18.3. The van der Waals surface area contributed by atoms with Crippen molar-refractivity contribution in [3.8, 4) is 0 Å². The summed E-state index contributed by atoms with van der Waals surface area (Å²) >= 11 is 0. The smallest absolute Gasteiger partial charge is 0.253 e. The highest BCUT2D eigenvalue weighted by Gasteiger charge is 2.31. The molecular weight excluding hydrogens is 386 g/mol. The summed E-state index contributed by atoms with van der Waals surface area (Å²) < 4.78 is 0. The van der Waals surface area contributed by atoms with Crippen LogP contribution in [0.1, 0.15) is 65.3 Å². The number of aromatic amines is 1. The van der Waals surface area contributed by atoms with Crippen LogP contribution in [-0.2, 0) is 11.2 Å². The second-order valence-corrected chi connectivity index (χ2v) is 8.30. The molecule has 0 unspecified atom stereocenters. The molecule has 0 saturated heterocycles.